The summed E-state index contributed by atoms with van der Waals surface area (Å²) < 4.78 is 101. The van der Waals surface area contributed by atoms with Gasteiger partial charge >= 0.3 is 12.5 Å². The van der Waals surface area contributed by atoms with Crippen LogP contribution in [0.25, 0.3) is 0 Å². The second kappa shape index (κ2) is 15.2. The van der Waals surface area contributed by atoms with Crippen LogP contribution in [0.3, 0.4) is 0 Å². The topological polar surface area (TPSA) is 95.9 Å². The van der Waals surface area contributed by atoms with E-state index in [2.05, 4.69) is 15.0 Å². The van der Waals surface area contributed by atoms with Crippen LogP contribution in [0.4, 0.5) is 26.3 Å². The van der Waals surface area contributed by atoms with E-state index in [9.17, 15) is 26.2 Å². The number of halogens is 6. The third-order valence-electron chi connectivity index (χ3n) is 9.39. The minimum atomic E-state index is -4.96. The minimum absolute atomic E-state index is 0.0646. The molecular formula is C40H35F6N5O2S. The van der Waals surface area contributed by atoms with Gasteiger partial charge in [0.15, 0.2) is 11.4 Å². The molecule has 6 rings (SSSR count). The van der Waals surface area contributed by atoms with Gasteiger partial charge in [0.2, 0.25) is 0 Å². The molecule has 14 heteroatoms. The van der Waals surface area contributed by atoms with Gasteiger partial charge < -0.3 is 4.74 Å². The van der Waals surface area contributed by atoms with E-state index >= 15 is 4.39 Å². The lowest BCUT2D eigenvalue weighted by molar-refractivity contribution is -0.253. The zero-order chi connectivity index (χ0) is 38.7. The molecule has 54 heavy (non-hydrogen) atoms. The Morgan fingerprint density at radius 3 is 1.72 bits per heavy atom. The Labute approximate surface area is 310 Å². The average molecular weight is 764 g/mol. The van der Waals surface area contributed by atoms with Crippen LogP contribution in [0.2, 0.25) is 0 Å². The SMILES string of the molecule is CC(C)(C[C@@](Cc1nnn(C(c2ccccc2)(c2ccccc2)c2ccccc2)n1)(c1ccc(F)cc1)c1cc(F)cc(OC(F)(F)C(F)F)c1)S(N)=O. The Morgan fingerprint density at radius 2 is 1.24 bits per heavy atom. The number of hydrogen-bond donors (Lipinski definition) is 1. The van der Waals surface area contributed by atoms with Crippen LogP contribution >= 0.6 is 0 Å². The van der Waals surface area contributed by atoms with E-state index in [1.165, 1.54) is 16.9 Å². The van der Waals surface area contributed by atoms with Crippen LogP contribution in [0, 0.1) is 11.6 Å². The van der Waals surface area contributed by atoms with E-state index in [-0.39, 0.29) is 24.2 Å². The van der Waals surface area contributed by atoms with Crippen LogP contribution in [-0.4, -0.2) is 41.7 Å². The molecule has 7 nitrogen and oxygen atoms in total. The summed E-state index contributed by atoms with van der Waals surface area (Å²) >= 11 is 0. The van der Waals surface area contributed by atoms with E-state index < -0.39 is 56.6 Å². The minimum Gasteiger partial charge on any atom is -0.428 e. The fourth-order valence-corrected chi connectivity index (χ4v) is 7.30. The van der Waals surface area contributed by atoms with Crippen LogP contribution in [-0.2, 0) is 28.4 Å². The van der Waals surface area contributed by atoms with E-state index in [0.29, 0.717) is 11.6 Å². The van der Waals surface area contributed by atoms with E-state index in [1.807, 2.05) is 91.0 Å². The first kappa shape index (κ1) is 38.4. The number of benzene rings is 5. The highest BCUT2D eigenvalue weighted by molar-refractivity contribution is 7.84. The first-order valence-electron chi connectivity index (χ1n) is 16.7. The second-order valence-electron chi connectivity index (χ2n) is 13.4. The predicted molar refractivity (Wildman–Crippen MR) is 192 cm³/mol. The molecule has 0 fully saturated rings. The fraction of sp³-hybridized carbons (Fsp3) is 0.225. The Bertz CT molecular complexity index is 2110. The van der Waals surface area contributed by atoms with Gasteiger partial charge in [-0.15, -0.1) is 15.0 Å². The van der Waals surface area contributed by atoms with Crippen molar-refractivity contribution in [1.82, 2.24) is 20.2 Å². The summed E-state index contributed by atoms with van der Waals surface area (Å²) in [5.74, 6) is -2.55. The van der Waals surface area contributed by atoms with Crippen molar-refractivity contribution in [1.29, 1.82) is 0 Å². The largest absolute Gasteiger partial charge is 0.461 e. The molecule has 2 N–H and O–H groups in total. The van der Waals surface area contributed by atoms with Gasteiger partial charge in [0, 0.05) is 17.9 Å². The monoisotopic (exact) mass is 763 g/mol. The molecule has 1 unspecified atom stereocenters. The van der Waals surface area contributed by atoms with Crippen LogP contribution < -0.4 is 9.88 Å². The van der Waals surface area contributed by atoms with E-state index in [4.69, 9.17) is 10.2 Å². The number of nitrogens with two attached hydrogens (primary N) is 1. The van der Waals surface area contributed by atoms with Gasteiger partial charge in [-0.05, 0) is 77.6 Å². The summed E-state index contributed by atoms with van der Waals surface area (Å²) in [7, 11) is -2.03. The van der Waals surface area contributed by atoms with Crippen LogP contribution in [0.15, 0.2) is 133 Å². The Hall–Kier alpha value is -5.34. The van der Waals surface area contributed by atoms with Gasteiger partial charge in [0.05, 0.1) is 15.7 Å². The van der Waals surface area contributed by atoms with Gasteiger partial charge in [-0.2, -0.15) is 17.6 Å². The van der Waals surface area contributed by atoms with Crippen molar-refractivity contribution in [3.63, 3.8) is 0 Å². The maximum absolute atomic E-state index is 15.5. The molecule has 0 spiro atoms. The number of aromatic nitrogens is 4. The molecule has 6 aromatic rings. The number of alkyl halides is 4. The summed E-state index contributed by atoms with van der Waals surface area (Å²) in [4.78, 5) is 1.45. The van der Waals surface area contributed by atoms with Crippen molar-refractivity contribution in [3.05, 3.63) is 179 Å². The highest BCUT2D eigenvalue weighted by Crippen LogP contribution is 2.46. The first-order chi connectivity index (χ1) is 25.7. The highest BCUT2D eigenvalue weighted by Gasteiger charge is 2.47. The molecule has 2 atom stereocenters. The lowest BCUT2D eigenvalue weighted by atomic mass is 9.67. The predicted octanol–water partition coefficient (Wildman–Crippen LogP) is 8.35. The smallest absolute Gasteiger partial charge is 0.428 e. The number of nitrogens with zero attached hydrogens (tertiary/aromatic N) is 4. The molecule has 0 aliphatic rings. The Balaban J connectivity index is 1.61. The molecule has 5 aromatic carbocycles. The molecule has 0 saturated heterocycles. The van der Waals surface area contributed by atoms with Crippen molar-refractivity contribution in [2.75, 3.05) is 0 Å². The molecule has 0 amide bonds. The van der Waals surface area contributed by atoms with Crippen molar-refractivity contribution in [2.45, 2.75) is 54.9 Å². The summed E-state index contributed by atoms with van der Waals surface area (Å²) in [5.41, 5.74) is -0.226. The molecule has 1 heterocycles. The highest BCUT2D eigenvalue weighted by atomic mass is 32.2. The summed E-state index contributed by atoms with van der Waals surface area (Å²) in [5, 5.41) is 20.0. The maximum atomic E-state index is 15.5. The van der Waals surface area contributed by atoms with Gasteiger partial charge in [-0.25, -0.2) is 13.0 Å². The lowest BCUT2D eigenvalue weighted by Gasteiger charge is -2.40. The van der Waals surface area contributed by atoms with Crippen molar-refractivity contribution >= 4 is 11.0 Å². The van der Waals surface area contributed by atoms with Crippen LogP contribution in [0.1, 0.15) is 53.9 Å². The zero-order valence-corrected chi connectivity index (χ0v) is 29.9. The van der Waals surface area contributed by atoms with Gasteiger partial charge in [-0.1, -0.05) is 103 Å². The summed E-state index contributed by atoms with van der Waals surface area (Å²) in [6.45, 7) is 3.16. The molecule has 0 radical (unpaired) electrons. The van der Waals surface area contributed by atoms with Gasteiger partial charge in [0.25, 0.3) is 0 Å². The first-order valence-corrected chi connectivity index (χ1v) is 17.9. The molecule has 1 aromatic heterocycles. The normalized spacial score (nSPS) is 14.1. The van der Waals surface area contributed by atoms with Crippen molar-refractivity contribution in [3.8, 4) is 5.75 Å². The molecule has 0 saturated carbocycles. The van der Waals surface area contributed by atoms with E-state index in [1.54, 1.807) is 13.8 Å². The third kappa shape index (κ3) is 7.53. The lowest BCUT2D eigenvalue weighted by Crippen LogP contribution is -2.43. The van der Waals surface area contributed by atoms with E-state index in [0.717, 1.165) is 41.0 Å². The number of ether oxygens (including phenoxy) is 1. The molecule has 0 aliphatic carbocycles. The molecule has 0 bridgehead atoms. The maximum Gasteiger partial charge on any atom is 0.461 e. The fourth-order valence-electron chi connectivity index (χ4n) is 6.91. The Morgan fingerprint density at radius 1 is 0.722 bits per heavy atom. The van der Waals surface area contributed by atoms with Gasteiger partial charge in [0.1, 0.15) is 17.4 Å². The molecule has 280 valence electrons. The molecule has 0 aliphatic heterocycles. The third-order valence-corrected chi connectivity index (χ3v) is 10.6. The Kier molecular flexibility index (Phi) is 10.8. The van der Waals surface area contributed by atoms with Crippen molar-refractivity contribution in [2.24, 2.45) is 5.14 Å². The summed E-state index contributed by atoms with van der Waals surface area (Å²) in [6.07, 6.45) is -9.62. The standard InChI is InChI=1S/C40H35F6N5O2S/c1-37(2,54(47)52)26-38(27-18-20-32(41)21-19-27,31-22-33(42)24-34(23-31)53-40(45,46)36(43)44)25-35-48-50-51(49-35)39(28-12-6-3-7-13-28,29-14-8-4-9-15-29)30-16-10-5-11-17-30/h3-24,36H,25-26,47H2,1-2H3/t38-,54?/m0/s1. The van der Waals surface area contributed by atoms with Crippen LogP contribution in [0.5, 0.6) is 5.75 Å². The number of hydrogen-bond acceptors (Lipinski definition) is 5. The summed E-state index contributed by atoms with van der Waals surface area (Å²) in [6, 6.07) is 36.1. The van der Waals surface area contributed by atoms with Gasteiger partial charge in [-0.3, -0.25) is 5.14 Å². The number of tetrazole rings is 1. The number of rotatable bonds is 14. The molecular weight excluding hydrogens is 729 g/mol. The quantitative estimate of drug-likeness (QED) is 0.0890. The second-order valence-corrected chi connectivity index (χ2v) is 15.1. The average Bonchev–Trinajstić information content (AvgIpc) is 3.61. The zero-order valence-electron chi connectivity index (χ0n) is 29.1. The van der Waals surface area contributed by atoms with Crippen molar-refractivity contribution < 1.29 is 35.3 Å².